The Labute approximate surface area is 259 Å². The Morgan fingerprint density at radius 3 is 2.70 bits per heavy atom. The molecule has 3 aromatic rings. The molecule has 4 heterocycles. The zero-order chi connectivity index (χ0) is 31.3. The Balaban J connectivity index is 1.06. The number of ether oxygens (including phenoxy) is 1. The molecule has 44 heavy (non-hydrogen) atoms. The number of aromatic nitrogens is 3. The van der Waals surface area contributed by atoms with Gasteiger partial charge >= 0.3 is 0 Å². The van der Waals surface area contributed by atoms with Crippen molar-refractivity contribution < 1.29 is 23.8 Å². The van der Waals surface area contributed by atoms with Gasteiger partial charge in [0.05, 0.1) is 12.3 Å². The van der Waals surface area contributed by atoms with E-state index in [0.717, 1.165) is 68.9 Å². The number of carbonyl (C=O) groups excluding carboxylic acids is 2. The molecule has 0 bridgehead atoms. The topological polar surface area (TPSA) is 134 Å². The highest BCUT2D eigenvalue weighted by Gasteiger charge is 2.30. The Morgan fingerprint density at radius 1 is 1.18 bits per heavy atom. The van der Waals surface area contributed by atoms with Crippen LogP contribution in [0.4, 0.5) is 0 Å². The highest BCUT2D eigenvalue weighted by Crippen LogP contribution is 2.30. The third kappa shape index (κ3) is 8.00. The smallest absolute Gasteiger partial charge is 0.270 e. The van der Waals surface area contributed by atoms with Gasteiger partial charge < -0.3 is 24.5 Å². The number of hydrogen-bond acceptors (Lipinski definition) is 9. The van der Waals surface area contributed by atoms with Crippen molar-refractivity contribution in [3.05, 3.63) is 71.0 Å². The van der Waals surface area contributed by atoms with E-state index in [9.17, 15) is 14.7 Å². The summed E-state index contributed by atoms with van der Waals surface area (Å²) in [7, 11) is 0. The fourth-order valence-corrected chi connectivity index (χ4v) is 6.06. The molecule has 1 aromatic carbocycles. The van der Waals surface area contributed by atoms with Crippen molar-refractivity contribution in [2.45, 2.75) is 72.6 Å². The molecule has 2 N–H and O–H groups in total. The monoisotopic (exact) mass is 604 g/mol. The molecule has 1 atom stereocenters. The summed E-state index contributed by atoms with van der Waals surface area (Å²) >= 11 is 0. The molecule has 2 aliphatic heterocycles. The summed E-state index contributed by atoms with van der Waals surface area (Å²) in [4.78, 5) is 42.1. The predicted molar refractivity (Wildman–Crippen MR) is 164 cm³/mol. The van der Waals surface area contributed by atoms with Crippen LogP contribution in [0.25, 0.3) is 0 Å². The number of fused-ring (bicyclic) bond motifs is 1. The summed E-state index contributed by atoms with van der Waals surface area (Å²) in [6, 6.07) is 5.80. The molecule has 11 nitrogen and oxygen atoms in total. The second-order valence-electron chi connectivity index (χ2n) is 13.0. The number of hydrogen-bond donors (Lipinski definition) is 2. The largest absolute Gasteiger partial charge is 0.485 e. The molecule has 0 aliphatic carbocycles. The Hall–Kier alpha value is -3.83. The lowest BCUT2D eigenvalue weighted by Crippen LogP contribution is -2.44. The maximum Gasteiger partial charge on any atom is 0.270 e. The fourth-order valence-electron chi connectivity index (χ4n) is 6.06. The van der Waals surface area contributed by atoms with E-state index in [1.165, 1.54) is 23.8 Å². The molecule has 1 fully saturated rings. The number of benzene rings is 1. The van der Waals surface area contributed by atoms with E-state index in [0.29, 0.717) is 30.5 Å². The first-order valence-corrected chi connectivity index (χ1v) is 15.5. The number of carbonyl (C=O) groups is 2. The van der Waals surface area contributed by atoms with Crippen LogP contribution >= 0.6 is 0 Å². The van der Waals surface area contributed by atoms with E-state index < -0.39 is 6.10 Å². The van der Waals surface area contributed by atoms with Crippen LogP contribution in [0, 0.1) is 18.3 Å². The number of β-amino-alcohol motifs (C(OH)–C–C–N with tert-alkyl or cyclic N) is 1. The second kappa shape index (κ2) is 13.9. The number of nitrogens with zero attached hydrogens (tertiary/aromatic N) is 5. The third-order valence-corrected chi connectivity index (χ3v) is 8.54. The highest BCUT2D eigenvalue weighted by molar-refractivity contribution is 5.92. The Bertz CT molecular complexity index is 1430. The maximum absolute atomic E-state index is 12.9. The molecule has 5 rings (SSSR count). The van der Waals surface area contributed by atoms with Crippen molar-refractivity contribution in [3.63, 3.8) is 0 Å². The van der Waals surface area contributed by atoms with Crippen LogP contribution in [-0.4, -0.2) is 80.5 Å². The number of aliphatic hydroxyl groups excluding tert-OH is 1. The van der Waals surface area contributed by atoms with Gasteiger partial charge in [0.1, 0.15) is 24.4 Å². The summed E-state index contributed by atoms with van der Waals surface area (Å²) in [6.07, 6.45) is 7.19. The van der Waals surface area contributed by atoms with Gasteiger partial charge in [-0.3, -0.25) is 14.5 Å². The van der Waals surface area contributed by atoms with Gasteiger partial charge in [-0.15, -0.1) is 0 Å². The van der Waals surface area contributed by atoms with E-state index in [-0.39, 0.29) is 23.8 Å². The van der Waals surface area contributed by atoms with Crippen molar-refractivity contribution in [1.82, 2.24) is 30.1 Å². The van der Waals surface area contributed by atoms with Crippen LogP contribution in [-0.2, 0) is 30.8 Å². The third-order valence-electron chi connectivity index (χ3n) is 8.54. The number of piperidine rings is 1. The van der Waals surface area contributed by atoms with Crippen LogP contribution in [0.2, 0.25) is 0 Å². The Kier molecular flexibility index (Phi) is 9.95. The molecule has 236 valence electrons. The number of aliphatic hydroxyl groups is 1. The molecule has 0 unspecified atom stereocenters. The summed E-state index contributed by atoms with van der Waals surface area (Å²) in [5.41, 5.74) is 4.37. The van der Waals surface area contributed by atoms with Gasteiger partial charge in [-0.1, -0.05) is 26.8 Å². The van der Waals surface area contributed by atoms with Crippen molar-refractivity contribution in [3.8, 4) is 5.75 Å². The first-order valence-electron chi connectivity index (χ1n) is 15.5. The van der Waals surface area contributed by atoms with E-state index in [1.54, 1.807) is 12.3 Å². The quantitative estimate of drug-likeness (QED) is 0.357. The number of oxazole rings is 1. The van der Waals surface area contributed by atoms with Crippen molar-refractivity contribution in [1.29, 1.82) is 0 Å². The molecule has 11 heteroatoms. The second-order valence-corrected chi connectivity index (χ2v) is 13.0. The SMILES string of the molecule is Cc1c(OCc2cnco2)ccc2c1CCN(C[C@@H](O)CNC(=O)c1cc(CC3CCN(C(=O)C(C)(C)C)CC3)ncn1)C2. The summed E-state index contributed by atoms with van der Waals surface area (Å²) in [5, 5.41) is 13.6. The minimum absolute atomic E-state index is 0.134. The number of likely N-dealkylation sites (tertiary alicyclic amines) is 1. The summed E-state index contributed by atoms with van der Waals surface area (Å²) in [5.74, 6) is 1.79. The molecule has 0 saturated carbocycles. The first-order chi connectivity index (χ1) is 21.1. The number of nitrogens with one attached hydrogen (secondary N) is 1. The fraction of sp³-hybridized carbons (Fsp3) is 0.545. The van der Waals surface area contributed by atoms with Crippen LogP contribution in [0.3, 0.4) is 0 Å². The van der Waals surface area contributed by atoms with Gasteiger partial charge in [0.25, 0.3) is 5.91 Å². The maximum atomic E-state index is 12.9. The van der Waals surface area contributed by atoms with Crippen LogP contribution in [0.15, 0.2) is 41.5 Å². The van der Waals surface area contributed by atoms with Gasteiger partial charge in [-0.05, 0) is 67.3 Å². The van der Waals surface area contributed by atoms with Crippen molar-refractivity contribution in [2.24, 2.45) is 11.3 Å². The zero-order valence-electron chi connectivity index (χ0n) is 26.2. The molecular formula is C33H44N6O5. The average molecular weight is 605 g/mol. The molecule has 2 amide bonds. The highest BCUT2D eigenvalue weighted by atomic mass is 16.5. The van der Waals surface area contributed by atoms with E-state index in [2.05, 4.69) is 38.2 Å². The van der Waals surface area contributed by atoms with Crippen LogP contribution in [0.5, 0.6) is 5.75 Å². The average Bonchev–Trinajstić information content (AvgIpc) is 3.53. The lowest BCUT2D eigenvalue weighted by Gasteiger charge is -2.35. The van der Waals surface area contributed by atoms with E-state index >= 15 is 0 Å². The van der Waals surface area contributed by atoms with E-state index in [4.69, 9.17) is 9.15 Å². The zero-order valence-corrected chi connectivity index (χ0v) is 26.2. The lowest BCUT2D eigenvalue weighted by molar-refractivity contribution is -0.140. The van der Waals surface area contributed by atoms with Gasteiger partial charge in [-0.25, -0.2) is 15.0 Å². The standard InChI is InChI=1S/C33H44N6O5/c1-22-28-9-10-38(17-24(28)5-6-30(22)43-19-27-16-34-21-44-27)18-26(40)15-35-31(41)29-14-25(36-20-37-29)13-23-7-11-39(12-8-23)32(42)33(2,3)4/h5-6,14,16,20-21,23,26,40H,7-13,15,17-19H2,1-4H3,(H,35,41)/t26-/m0/s1. The van der Waals surface area contributed by atoms with Crippen LogP contribution < -0.4 is 10.1 Å². The molecule has 0 radical (unpaired) electrons. The van der Waals surface area contributed by atoms with Crippen molar-refractivity contribution in [2.75, 3.05) is 32.7 Å². The van der Waals surface area contributed by atoms with Gasteiger partial charge in [0.15, 0.2) is 12.2 Å². The normalized spacial score (nSPS) is 16.8. The number of amides is 2. The van der Waals surface area contributed by atoms with Crippen LogP contribution in [0.1, 0.15) is 72.2 Å². The van der Waals surface area contributed by atoms with Gasteiger partial charge in [0.2, 0.25) is 5.91 Å². The molecule has 0 spiro atoms. The minimum Gasteiger partial charge on any atom is -0.485 e. The number of rotatable bonds is 10. The van der Waals surface area contributed by atoms with Crippen molar-refractivity contribution >= 4 is 11.8 Å². The van der Waals surface area contributed by atoms with Gasteiger partial charge in [-0.2, -0.15) is 0 Å². The molecular weight excluding hydrogens is 560 g/mol. The summed E-state index contributed by atoms with van der Waals surface area (Å²) < 4.78 is 11.2. The van der Waals surface area contributed by atoms with Gasteiger partial charge in [0, 0.05) is 50.4 Å². The lowest BCUT2D eigenvalue weighted by atomic mass is 9.89. The predicted octanol–water partition coefficient (Wildman–Crippen LogP) is 3.33. The molecule has 2 aliphatic rings. The molecule has 2 aromatic heterocycles. The first kappa shape index (κ1) is 31.6. The Morgan fingerprint density at radius 2 is 1.98 bits per heavy atom. The minimum atomic E-state index is -0.714. The molecule has 1 saturated heterocycles. The summed E-state index contributed by atoms with van der Waals surface area (Å²) in [6.45, 7) is 11.9. The van der Waals surface area contributed by atoms with E-state index in [1.807, 2.05) is 31.7 Å².